The second-order valence-electron chi connectivity index (χ2n) is 4.96. The summed E-state index contributed by atoms with van der Waals surface area (Å²) in [5, 5.41) is 0.147. The fourth-order valence-corrected chi connectivity index (χ4v) is 4.45. The molecule has 6 nitrogen and oxygen atoms in total. The molecule has 0 bridgehead atoms. The number of carbonyl (C=O) groups excluding carboxylic acids is 1. The van der Waals surface area contributed by atoms with Gasteiger partial charge in [-0.2, -0.15) is 0 Å². The highest BCUT2D eigenvalue weighted by atomic mass is 35.5. The second-order valence-corrected chi connectivity index (χ2v) is 7.98. The molecule has 0 heterocycles. The molecule has 0 unspecified atom stereocenters. The molecule has 0 saturated carbocycles. The number of halogens is 3. The van der Waals surface area contributed by atoms with Gasteiger partial charge in [0.05, 0.1) is 24.9 Å². The number of anilines is 1. The molecule has 0 saturated heterocycles. The lowest BCUT2D eigenvalue weighted by Crippen LogP contribution is -2.36. The van der Waals surface area contributed by atoms with Gasteiger partial charge in [0.15, 0.2) is 0 Å². The molecule has 0 spiro atoms. The van der Waals surface area contributed by atoms with Crippen LogP contribution in [0.2, 0.25) is 15.1 Å². The van der Waals surface area contributed by atoms with Gasteiger partial charge in [-0.3, -0.25) is 9.10 Å². The number of hydrogen-bond acceptors (Lipinski definition) is 5. The molecule has 140 valence electrons. The number of hydrogen-bond donors (Lipinski definition) is 0. The van der Waals surface area contributed by atoms with E-state index < -0.39 is 22.5 Å². The summed E-state index contributed by atoms with van der Waals surface area (Å²) in [7, 11) is -1.70. The third kappa shape index (κ3) is 4.17. The minimum absolute atomic E-state index is 0.0515. The van der Waals surface area contributed by atoms with Gasteiger partial charge in [0.25, 0.3) is 10.0 Å². The van der Waals surface area contributed by atoms with Crippen molar-refractivity contribution in [2.45, 2.75) is 4.90 Å². The van der Waals surface area contributed by atoms with Crippen LogP contribution in [0.5, 0.6) is 5.75 Å². The summed E-state index contributed by atoms with van der Waals surface area (Å²) in [4.78, 5) is 11.5. The van der Waals surface area contributed by atoms with Crippen molar-refractivity contribution < 1.29 is 22.7 Å². The Morgan fingerprint density at radius 1 is 1.00 bits per heavy atom. The van der Waals surface area contributed by atoms with E-state index in [1.807, 2.05) is 0 Å². The predicted octanol–water partition coefficient (Wildman–Crippen LogP) is 4.02. The molecular weight excluding hydrogens is 425 g/mol. The SMILES string of the molecule is COC(=O)CN(c1ccc(Cl)cc1)S(=O)(=O)c1ccc(OC)c(Cl)c1Cl. The van der Waals surface area contributed by atoms with E-state index in [1.54, 1.807) is 0 Å². The number of methoxy groups -OCH3 is 2. The number of rotatable bonds is 6. The molecule has 0 aliphatic heterocycles. The summed E-state index contributed by atoms with van der Waals surface area (Å²) < 4.78 is 36.8. The van der Waals surface area contributed by atoms with E-state index in [2.05, 4.69) is 4.74 Å². The highest BCUT2D eigenvalue weighted by Crippen LogP contribution is 2.38. The normalized spacial score (nSPS) is 11.1. The van der Waals surface area contributed by atoms with Crippen molar-refractivity contribution in [2.24, 2.45) is 0 Å². The molecule has 0 aliphatic carbocycles. The topological polar surface area (TPSA) is 72.9 Å². The molecule has 0 radical (unpaired) electrons. The third-order valence-electron chi connectivity index (χ3n) is 3.41. The molecule has 0 atom stereocenters. The Bertz CT molecular complexity index is 916. The summed E-state index contributed by atoms with van der Waals surface area (Å²) in [6.07, 6.45) is 0. The van der Waals surface area contributed by atoms with Gasteiger partial charge in [0.2, 0.25) is 0 Å². The first-order valence-corrected chi connectivity index (χ1v) is 9.67. The van der Waals surface area contributed by atoms with Gasteiger partial charge in [0, 0.05) is 5.02 Å². The van der Waals surface area contributed by atoms with E-state index in [9.17, 15) is 13.2 Å². The Hall–Kier alpha value is -1.67. The number of carbonyl (C=O) groups is 1. The first-order valence-electron chi connectivity index (χ1n) is 7.09. The summed E-state index contributed by atoms with van der Waals surface area (Å²) >= 11 is 18.0. The number of nitrogens with zero attached hydrogens (tertiary/aromatic N) is 1. The average Bonchev–Trinajstić information content (AvgIpc) is 2.62. The van der Waals surface area contributed by atoms with Crippen molar-refractivity contribution in [1.82, 2.24) is 0 Å². The van der Waals surface area contributed by atoms with Crippen molar-refractivity contribution in [3.8, 4) is 5.75 Å². The first kappa shape index (κ1) is 20.6. The highest BCUT2D eigenvalue weighted by Gasteiger charge is 2.31. The Morgan fingerprint density at radius 2 is 1.62 bits per heavy atom. The molecule has 0 amide bonds. The smallest absolute Gasteiger partial charge is 0.326 e. The lowest BCUT2D eigenvalue weighted by atomic mass is 10.3. The molecule has 0 N–H and O–H groups in total. The number of benzene rings is 2. The maximum Gasteiger partial charge on any atom is 0.326 e. The number of ether oxygens (including phenoxy) is 2. The van der Waals surface area contributed by atoms with E-state index in [0.29, 0.717) is 5.02 Å². The third-order valence-corrected chi connectivity index (χ3v) is 6.46. The van der Waals surface area contributed by atoms with E-state index >= 15 is 0 Å². The molecule has 26 heavy (non-hydrogen) atoms. The van der Waals surface area contributed by atoms with Crippen molar-refractivity contribution in [2.75, 3.05) is 25.1 Å². The van der Waals surface area contributed by atoms with Gasteiger partial charge in [0.1, 0.15) is 22.2 Å². The van der Waals surface area contributed by atoms with Crippen LogP contribution >= 0.6 is 34.8 Å². The molecular formula is C16H14Cl3NO5S. The van der Waals surface area contributed by atoms with E-state index in [0.717, 1.165) is 11.4 Å². The number of esters is 1. The fraction of sp³-hybridized carbons (Fsp3) is 0.188. The Balaban J connectivity index is 2.61. The van der Waals surface area contributed by atoms with Crippen LogP contribution < -0.4 is 9.04 Å². The predicted molar refractivity (Wildman–Crippen MR) is 101 cm³/mol. The van der Waals surface area contributed by atoms with Crippen LogP contribution in [-0.4, -0.2) is 35.2 Å². The Kier molecular flexibility index (Phi) is 6.63. The van der Waals surface area contributed by atoms with Crippen LogP contribution in [0, 0.1) is 0 Å². The zero-order valence-electron chi connectivity index (χ0n) is 13.7. The Labute approximate surface area is 166 Å². The molecule has 10 heteroatoms. The number of sulfonamides is 1. The summed E-state index contributed by atoms with van der Waals surface area (Å²) in [5.41, 5.74) is 0.211. The monoisotopic (exact) mass is 437 g/mol. The van der Waals surface area contributed by atoms with Crippen LogP contribution in [0.1, 0.15) is 0 Å². The van der Waals surface area contributed by atoms with Crippen molar-refractivity contribution in [1.29, 1.82) is 0 Å². The maximum absolute atomic E-state index is 13.1. The minimum atomic E-state index is -4.23. The summed E-state index contributed by atoms with van der Waals surface area (Å²) in [5.74, 6) is -0.527. The largest absolute Gasteiger partial charge is 0.495 e. The van der Waals surface area contributed by atoms with Gasteiger partial charge in [-0.15, -0.1) is 0 Å². The van der Waals surface area contributed by atoms with Crippen molar-refractivity contribution in [3.63, 3.8) is 0 Å². The fourth-order valence-electron chi connectivity index (χ4n) is 2.09. The molecule has 2 aromatic carbocycles. The lowest BCUT2D eigenvalue weighted by Gasteiger charge is -2.24. The first-order chi connectivity index (χ1) is 12.2. The standard InChI is InChI=1S/C16H14Cl3NO5S/c1-24-12-7-8-13(16(19)15(12)18)26(22,23)20(9-14(21)25-2)11-5-3-10(17)4-6-11/h3-8H,9H2,1-2H3. The average molecular weight is 439 g/mol. The van der Waals surface area contributed by atoms with Crippen LogP contribution in [0.25, 0.3) is 0 Å². The second kappa shape index (κ2) is 8.35. The maximum atomic E-state index is 13.1. The lowest BCUT2D eigenvalue weighted by molar-refractivity contribution is -0.138. The van der Waals surface area contributed by atoms with Gasteiger partial charge in [-0.25, -0.2) is 8.42 Å². The van der Waals surface area contributed by atoms with Gasteiger partial charge < -0.3 is 9.47 Å². The zero-order valence-corrected chi connectivity index (χ0v) is 16.8. The molecule has 0 fully saturated rings. The van der Waals surface area contributed by atoms with E-state index in [-0.39, 0.29) is 26.4 Å². The molecule has 2 rings (SSSR count). The molecule has 0 aromatic heterocycles. The van der Waals surface area contributed by atoms with Crippen LogP contribution in [0.4, 0.5) is 5.69 Å². The van der Waals surface area contributed by atoms with E-state index in [1.165, 1.54) is 43.5 Å². The zero-order chi connectivity index (χ0) is 19.5. The van der Waals surface area contributed by atoms with Crippen molar-refractivity contribution >= 4 is 56.5 Å². The van der Waals surface area contributed by atoms with Crippen LogP contribution in [-0.2, 0) is 19.6 Å². The van der Waals surface area contributed by atoms with Gasteiger partial charge in [-0.1, -0.05) is 34.8 Å². The quantitative estimate of drug-likeness (QED) is 0.637. The molecule has 2 aromatic rings. The Morgan fingerprint density at radius 3 is 2.15 bits per heavy atom. The molecule has 0 aliphatic rings. The van der Waals surface area contributed by atoms with Gasteiger partial charge >= 0.3 is 5.97 Å². The van der Waals surface area contributed by atoms with E-state index in [4.69, 9.17) is 39.5 Å². The van der Waals surface area contributed by atoms with Crippen LogP contribution in [0.3, 0.4) is 0 Å². The summed E-state index contributed by atoms with van der Waals surface area (Å²) in [6, 6.07) is 8.55. The van der Waals surface area contributed by atoms with Crippen LogP contribution in [0.15, 0.2) is 41.3 Å². The minimum Gasteiger partial charge on any atom is -0.495 e. The van der Waals surface area contributed by atoms with Gasteiger partial charge in [-0.05, 0) is 36.4 Å². The summed E-state index contributed by atoms with van der Waals surface area (Å²) in [6.45, 7) is -0.555. The highest BCUT2D eigenvalue weighted by molar-refractivity contribution is 7.93. The van der Waals surface area contributed by atoms with Crippen molar-refractivity contribution in [3.05, 3.63) is 51.5 Å².